The molecule has 0 aliphatic heterocycles. The first-order valence-electron chi connectivity index (χ1n) is 5.09. The average Bonchev–Trinajstić information content (AvgIpc) is 2.18. The Bertz CT molecular complexity index is 323. The van der Waals surface area contributed by atoms with E-state index < -0.39 is 0 Å². The van der Waals surface area contributed by atoms with Gasteiger partial charge >= 0.3 is 0 Å². The molecule has 1 rings (SSSR count). The molecule has 15 heavy (non-hydrogen) atoms. The van der Waals surface area contributed by atoms with Gasteiger partial charge in [-0.05, 0) is 20.0 Å². The lowest BCUT2D eigenvalue weighted by Crippen LogP contribution is -2.07. The van der Waals surface area contributed by atoms with Gasteiger partial charge in [-0.1, -0.05) is 5.57 Å². The molecule has 1 heterocycles. The number of ether oxygens (including phenoxy) is 1. The fourth-order valence-corrected chi connectivity index (χ4v) is 1.17. The second kappa shape index (κ2) is 6.19. The monoisotopic (exact) mass is 206 g/mol. The van der Waals surface area contributed by atoms with Crippen LogP contribution in [0.25, 0.3) is 0 Å². The molecule has 0 radical (unpaired) electrons. The predicted molar refractivity (Wildman–Crippen MR) is 61.9 cm³/mol. The van der Waals surface area contributed by atoms with Gasteiger partial charge in [0.15, 0.2) is 0 Å². The Morgan fingerprint density at radius 2 is 2.40 bits per heavy atom. The van der Waals surface area contributed by atoms with Crippen LogP contribution in [0, 0.1) is 0 Å². The van der Waals surface area contributed by atoms with E-state index in [9.17, 15) is 0 Å². The maximum Gasteiger partial charge on any atom is 0.122 e. The molecule has 0 saturated carbocycles. The van der Waals surface area contributed by atoms with Gasteiger partial charge in [-0.25, -0.2) is 0 Å². The van der Waals surface area contributed by atoms with Crippen molar-refractivity contribution in [3.8, 4) is 5.75 Å². The van der Waals surface area contributed by atoms with Crippen molar-refractivity contribution in [3.05, 3.63) is 36.2 Å². The van der Waals surface area contributed by atoms with Crippen LogP contribution in [0.1, 0.15) is 19.0 Å². The summed E-state index contributed by atoms with van der Waals surface area (Å²) in [6, 6.07) is 3.83. The van der Waals surface area contributed by atoms with Crippen LogP contribution < -0.4 is 10.1 Å². The molecular weight excluding hydrogens is 188 g/mol. The van der Waals surface area contributed by atoms with Gasteiger partial charge in [0, 0.05) is 25.2 Å². The van der Waals surface area contributed by atoms with Crippen molar-refractivity contribution in [2.75, 3.05) is 13.7 Å². The number of nitrogens with zero attached hydrogens (tertiary/aromatic N) is 1. The number of hydrogen-bond donors (Lipinski definition) is 1. The third-order valence-corrected chi connectivity index (χ3v) is 1.94. The van der Waals surface area contributed by atoms with Crippen molar-refractivity contribution in [2.24, 2.45) is 0 Å². The molecule has 0 aliphatic rings. The topological polar surface area (TPSA) is 34.1 Å². The molecule has 1 aromatic rings. The molecular formula is C12H18N2O. The van der Waals surface area contributed by atoms with Crippen LogP contribution in [0.5, 0.6) is 5.75 Å². The molecule has 82 valence electrons. The first-order chi connectivity index (χ1) is 7.22. The minimum atomic E-state index is 0.679. The minimum absolute atomic E-state index is 0.679. The van der Waals surface area contributed by atoms with Gasteiger partial charge in [0.1, 0.15) is 5.75 Å². The van der Waals surface area contributed by atoms with Crippen LogP contribution in [0.4, 0.5) is 0 Å². The smallest absolute Gasteiger partial charge is 0.122 e. The number of nitrogens with one attached hydrogen (secondary N) is 1. The van der Waals surface area contributed by atoms with E-state index in [1.807, 2.05) is 26.1 Å². The van der Waals surface area contributed by atoms with Gasteiger partial charge in [0.2, 0.25) is 0 Å². The quantitative estimate of drug-likeness (QED) is 0.724. The van der Waals surface area contributed by atoms with E-state index in [-0.39, 0.29) is 0 Å². The zero-order chi connectivity index (χ0) is 11.1. The maximum atomic E-state index is 5.58. The summed E-state index contributed by atoms with van der Waals surface area (Å²) in [5, 5.41) is 3.05. The van der Waals surface area contributed by atoms with Crippen molar-refractivity contribution in [3.63, 3.8) is 0 Å². The van der Waals surface area contributed by atoms with Crippen molar-refractivity contribution in [2.45, 2.75) is 19.9 Å². The molecule has 0 saturated heterocycles. The summed E-state index contributed by atoms with van der Waals surface area (Å²) in [6.45, 7) is 7.27. The highest BCUT2D eigenvalue weighted by molar-refractivity contribution is 5.22. The summed E-state index contributed by atoms with van der Waals surface area (Å²) >= 11 is 0. The van der Waals surface area contributed by atoms with E-state index in [1.165, 1.54) is 0 Å². The van der Waals surface area contributed by atoms with Gasteiger partial charge in [0.05, 0.1) is 12.3 Å². The highest BCUT2D eigenvalue weighted by Gasteiger charge is 1.97. The van der Waals surface area contributed by atoms with Crippen LogP contribution in [0.3, 0.4) is 0 Å². The molecule has 0 unspecified atom stereocenters. The number of pyridine rings is 1. The molecule has 0 atom stereocenters. The van der Waals surface area contributed by atoms with Gasteiger partial charge in [-0.3, -0.25) is 4.98 Å². The minimum Gasteiger partial charge on any atom is -0.493 e. The van der Waals surface area contributed by atoms with E-state index >= 15 is 0 Å². The largest absolute Gasteiger partial charge is 0.493 e. The second-order valence-electron chi connectivity index (χ2n) is 3.57. The summed E-state index contributed by atoms with van der Waals surface area (Å²) in [4.78, 5) is 4.21. The Labute approximate surface area is 91.2 Å². The zero-order valence-corrected chi connectivity index (χ0v) is 9.42. The zero-order valence-electron chi connectivity index (χ0n) is 9.42. The third-order valence-electron chi connectivity index (χ3n) is 1.94. The normalized spacial score (nSPS) is 10.0. The van der Waals surface area contributed by atoms with E-state index in [0.717, 1.165) is 30.0 Å². The maximum absolute atomic E-state index is 5.58. The Balaban J connectivity index is 2.46. The van der Waals surface area contributed by atoms with E-state index in [2.05, 4.69) is 16.9 Å². The molecule has 0 amide bonds. The molecule has 3 nitrogen and oxygen atoms in total. The lowest BCUT2D eigenvalue weighted by molar-refractivity contribution is 0.321. The standard InChI is InChI=1S/C12H18N2O/c1-10(2)5-7-15-12-4-6-14-11(8-12)9-13-3/h4,6,8,13H,1,5,7,9H2,2-3H3. The van der Waals surface area contributed by atoms with Crippen molar-refractivity contribution < 1.29 is 4.74 Å². The van der Waals surface area contributed by atoms with Crippen LogP contribution >= 0.6 is 0 Å². The Kier molecular flexibility index (Phi) is 4.84. The first kappa shape index (κ1) is 11.7. The van der Waals surface area contributed by atoms with Crippen LogP contribution in [0.15, 0.2) is 30.5 Å². The number of hydrogen-bond acceptors (Lipinski definition) is 3. The summed E-state index contributed by atoms with van der Waals surface area (Å²) < 4.78 is 5.58. The fraction of sp³-hybridized carbons (Fsp3) is 0.417. The molecule has 0 fully saturated rings. The SMILES string of the molecule is C=C(C)CCOc1ccnc(CNC)c1. The summed E-state index contributed by atoms with van der Waals surface area (Å²) in [5.41, 5.74) is 2.13. The fourth-order valence-electron chi connectivity index (χ4n) is 1.17. The molecule has 3 heteroatoms. The van der Waals surface area contributed by atoms with E-state index in [0.29, 0.717) is 6.61 Å². The highest BCUT2D eigenvalue weighted by Crippen LogP contribution is 2.11. The van der Waals surface area contributed by atoms with Crippen LogP contribution in [0.2, 0.25) is 0 Å². The van der Waals surface area contributed by atoms with Gasteiger partial charge in [-0.2, -0.15) is 0 Å². The summed E-state index contributed by atoms with van der Waals surface area (Å²) in [7, 11) is 1.90. The Morgan fingerprint density at radius 1 is 1.60 bits per heavy atom. The third kappa shape index (κ3) is 4.61. The Hall–Kier alpha value is -1.35. The molecule has 0 aliphatic carbocycles. The van der Waals surface area contributed by atoms with Crippen molar-refractivity contribution in [1.82, 2.24) is 10.3 Å². The number of rotatable bonds is 6. The molecule has 1 N–H and O–H groups in total. The van der Waals surface area contributed by atoms with Crippen LogP contribution in [-0.2, 0) is 6.54 Å². The van der Waals surface area contributed by atoms with Gasteiger partial charge in [-0.15, -0.1) is 6.58 Å². The van der Waals surface area contributed by atoms with Gasteiger partial charge in [0.25, 0.3) is 0 Å². The van der Waals surface area contributed by atoms with E-state index in [4.69, 9.17) is 4.74 Å². The summed E-state index contributed by atoms with van der Waals surface area (Å²) in [6.07, 6.45) is 2.66. The Morgan fingerprint density at radius 3 is 3.07 bits per heavy atom. The van der Waals surface area contributed by atoms with Crippen molar-refractivity contribution in [1.29, 1.82) is 0 Å². The lowest BCUT2D eigenvalue weighted by Gasteiger charge is -2.07. The summed E-state index contributed by atoms with van der Waals surface area (Å²) in [5.74, 6) is 0.872. The first-order valence-corrected chi connectivity index (χ1v) is 5.09. The molecule has 0 spiro atoms. The second-order valence-corrected chi connectivity index (χ2v) is 3.57. The number of aromatic nitrogens is 1. The average molecular weight is 206 g/mol. The molecule has 0 aromatic carbocycles. The molecule has 0 bridgehead atoms. The van der Waals surface area contributed by atoms with Crippen molar-refractivity contribution >= 4 is 0 Å². The molecule has 1 aromatic heterocycles. The van der Waals surface area contributed by atoms with Crippen LogP contribution in [-0.4, -0.2) is 18.6 Å². The predicted octanol–water partition coefficient (Wildman–Crippen LogP) is 2.15. The highest BCUT2D eigenvalue weighted by atomic mass is 16.5. The van der Waals surface area contributed by atoms with Gasteiger partial charge < -0.3 is 10.1 Å². The lowest BCUT2D eigenvalue weighted by atomic mass is 10.2. The van der Waals surface area contributed by atoms with E-state index in [1.54, 1.807) is 6.20 Å².